The first-order valence-corrected chi connectivity index (χ1v) is 7.14. The summed E-state index contributed by atoms with van der Waals surface area (Å²) in [7, 11) is 0. The monoisotopic (exact) mass is 268 g/mol. The molecule has 2 aliphatic rings. The summed E-state index contributed by atoms with van der Waals surface area (Å²) in [5.74, 6) is 0.143. The highest BCUT2D eigenvalue weighted by Gasteiger charge is 2.47. The summed E-state index contributed by atoms with van der Waals surface area (Å²) < 4.78 is 0. The Balaban J connectivity index is 2.09. The maximum atomic E-state index is 12.8. The molecule has 1 aliphatic heterocycles. The molecule has 19 heavy (non-hydrogen) atoms. The molecule has 0 spiro atoms. The highest BCUT2D eigenvalue weighted by Crippen LogP contribution is 2.40. The predicted molar refractivity (Wildman–Crippen MR) is 73.0 cm³/mol. The highest BCUT2D eigenvalue weighted by molar-refractivity contribution is 6.07. The smallest absolute Gasteiger partial charge is 0.236 e. The van der Waals surface area contributed by atoms with Crippen LogP contribution in [0.1, 0.15) is 32.6 Å². The quantitative estimate of drug-likeness (QED) is 0.337. The minimum Gasteiger partial charge on any atom is -0.409 e. The van der Waals surface area contributed by atoms with Gasteiger partial charge in [-0.3, -0.25) is 4.79 Å². The predicted octanol–water partition coefficient (Wildman–Crippen LogP) is 0.457. The van der Waals surface area contributed by atoms with Crippen molar-refractivity contribution >= 4 is 11.7 Å². The standard InChI is InChI=1S/C13H24N4O2/c1-2-16-7-9-17(10-8-16)12(18)13(11(14)15-19)5-3-4-6-13/h19H,2-10H2,1H3,(H2,14,15). The van der Waals surface area contributed by atoms with Crippen LogP contribution in [0.3, 0.4) is 0 Å². The molecule has 0 aromatic heterocycles. The lowest BCUT2D eigenvalue weighted by molar-refractivity contribution is -0.140. The Morgan fingerprint density at radius 2 is 1.84 bits per heavy atom. The lowest BCUT2D eigenvalue weighted by atomic mass is 9.83. The van der Waals surface area contributed by atoms with Crippen molar-refractivity contribution in [1.29, 1.82) is 0 Å². The first kappa shape index (κ1) is 14.1. The van der Waals surface area contributed by atoms with E-state index in [0.717, 1.165) is 45.6 Å². The number of carbonyl (C=O) groups excluding carboxylic acids is 1. The second kappa shape index (κ2) is 5.77. The van der Waals surface area contributed by atoms with Crippen LogP contribution >= 0.6 is 0 Å². The summed E-state index contributed by atoms with van der Waals surface area (Å²) in [6, 6.07) is 0. The van der Waals surface area contributed by atoms with E-state index >= 15 is 0 Å². The van der Waals surface area contributed by atoms with E-state index in [1.807, 2.05) is 4.90 Å². The van der Waals surface area contributed by atoms with E-state index < -0.39 is 5.41 Å². The Morgan fingerprint density at radius 1 is 1.26 bits per heavy atom. The Hall–Kier alpha value is -1.30. The molecule has 2 rings (SSSR count). The van der Waals surface area contributed by atoms with Gasteiger partial charge in [0, 0.05) is 26.2 Å². The minimum absolute atomic E-state index is 0.0519. The number of hydrogen-bond acceptors (Lipinski definition) is 4. The summed E-state index contributed by atoms with van der Waals surface area (Å²) in [5.41, 5.74) is 5.07. The van der Waals surface area contributed by atoms with Crippen LogP contribution in [0.2, 0.25) is 0 Å². The zero-order valence-corrected chi connectivity index (χ0v) is 11.6. The number of rotatable bonds is 3. The Kier molecular flexibility index (Phi) is 4.29. The normalized spacial score (nSPS) is 24.7. The van der Waals surface area contributed by atoms with Crippen LogP contribution in [-0.2, 0) is 4.79 Å². The number of oxime groups is 1. The van der Waals surface area contributed by atoms with Gasteiger partial charge in [-0.05, 0) is 19.4 Å². The largest absolute Gasteiger partial charge is 0.409 e. The molecule has 108 valence electrons. The average Bonchev–Trinajstić information content (AvgIpc) is 2.96. The fraction of sp³-hybridized carbons (Fsp3) is 0.846. The van der Waals surface area contributed by atoms with Gasteiger partial charge in [0.05, 0.1) is 0 Å². The van der Waals surface area contributed by atoms with Gasteiger partial charge in [0.1, 0.15) is 5.41 Å². The second-order valence-corrected chi connectivity index (χ2v) is 5.50. The van der Waals surface area contributed by atoms with Gasteiger partial charge in [-0.1, -0.05) is 24.9 Å². The number of carbonyl (C=O) groups is 1. The number of nitrogens with zero attached hydrogens (tertiary/aromatic N) is 3. The van der Waals surface area contributed by atoms with Crippen molar-refractivity contribution in [3.8, 4) is 0 Å². The third kappa shape index (κ3) is 2.54. The van der Waals surface area contributed by atoms with Crippen molar-refractivity contribution in [3.05, 3.63) is 0 Å². The SMILES string of the molecule is CCN1CCN(C(=O)C2(C(N)=NO)CCCC2)CC1. The summed E-state index contributed by atoms with van der Waals surface area (Å²) in [6.07, 6.45) is 3.35. The molecular weight excluding hydrogens is 244 g/mol. The number of amides is 1. The van der Waals surface area contributed by atoms with E-state index in [2.05, 4.69) is 17.0 Å². The first-order chi connectivity index (χ1) is 9.14. The van der Waals surface area contributed by atoms with Gasteiger partial charge in [0.15, 0.2) is 5.84 Å². The van der Waals surface area contributed by atoms with Crippen LogP contribution in [0.25, 0.3) is 0 Å². The van der Waals surface area contributed by atoms with Crippen molar-refractivity contribution < 1.29 is 10.0 Å². The average molecular weight is 268 g/mol. The molecule has 1 heterocycles. The molecule has 6 nitrogen and oxygen atoms in total. The number of likely N-dealkylation sites (N-methyl/N-ethyl adjacent to an activating group) is 1. The fourth-order valence-electron chi connectivity index (χ4n) is 3.22. The third-order valence-electron chi connectivity index (χ3n) is 4.57. The summed E-state index contributed by atoms with van der Waals surface area (Å²) in [5, 5.41) is 12.1. The van der Waals surface area contributed by atoms with E-state index in [0.29, 0.717) is 12.8 Å². The number of nitrogens with two attached hydrogens (primary N) is 1. The maximum Gasteiger partial charge on any atom is 0.236 e. The Labute approximate surface area is 114 Å². The third-order valence-corrected chi connectivity index (χ3v) is 4.57. The molecule has 0 atom stereocenters. The summed E-state index contributed by atoms with van der Waals surface area (Å²) >= 11 is 0. The van der Waals surface area contributed by atoms with Gasteiger partial charge in [0.25, 0.3) is 0 Å². The van der Waals surface area contributed by atoms with E-state index in [1.165, 1.54) is 0 Å². The van der Waals surface area contributed by atoms with Gasteiger partial charge in [-0.2, -0.15) is 0 Å². The zero-order valence-electron chi connectivity index (χ0n) is 11.6. The Morgan fingerprint density at radius 3 is 2.32 bits per heavy atom. The van der Waals surface area contributed by atoms with Crippen LogP contribution in [0.5, 0.6) is 0 Å². The summed E-state index contributed by atoms with van der Waals surface area (Å²) in [4.78, 5) is 17.0. The molecule has 1 amide bonds. The van der Waals surface area contributed by atoms with Crippen molar-refractivity contribution in [2.45, 2.75) is 32.6 Å². The lowest BCUT2D eigenvalue weighted by Gasteiger charge is -2.39. The van der Waals surface area contributed by atoms with Gasteiger partial charge < -0.3 is 20.7 Å². The molecule has 0 aromatic rings. The molecule has 0 bridgehead atoms. The molecule has 6 heteroatoms. The van der Waals surface area contributed by atoms with Gasteiger partial charge in [-0.25, -0.2) is 0 Å². The zero-order chi connectivity index (χ0) is 13.9. The maximum absolute atomic E-state index is 12.8. The minimum atomic E-state index is -0.747. The molecule has 0 aromatic carbocycles. The van der Waals surface area contributed by atoms with Crippen LogP contribution < -0.4 is 5.73 Å². The van der Waals surface area contributed by atoms with Gasteiger partial charge >= 0.3 is 0 Å². The van der Waals surface area contributed by atoms with Crippen LogP contribution in [0.4, 0.5) is 0 Å². The number of piperazine rings is 1. The molecule has 0 radical (unpaired) electrons. The molecule has 1 saturated carbocycles. The van der Waals surface area contributed by atoms with E-state index in [-0.39, 0.29) is 11.7 Å². The molecule has 1 aliphatic carbocycles. The van der Waals surface area contributed by atoms with Crippen LogP contribution in [0, 0.1) is 5.41 Å². The summed E-state index contributed by atoms with van der Waals surface area (Å²) in [6.45, 7) is 6.46. The molecule has 2 fully saturated rings. The molecule has 1 saturated heterocycles. The van der Waals surface area contributed by atoms with Gasteiger partial charge in [-0.15, -0.1) is 0 Å². The van der Waals surface area contributed by atoms with Crippen LogP contribution in [0.15, 0.2) is 5.16 Å². The van der Waals surface area contributed by atoms with E-state index in [4.69, 9.17) is 10.9 Å². The molecular formula is C13H24N4O2. The van der Waals surface area contributed by atoms with Crippen molar-refractivity contribution in [1.82, 2.24) is 9.80 Å². The number of hydrogen-bond donors (Lipinski definition) is 2. The fourth-order valence-corrected chi connectivity index (χ4v) is 3.22. The van der Waals surface area contributed by atoms with Crippen LogP contribution in [-0.4, -0.2) is 59.5 Å². The van der Waals surface area contributed by atoms with E-state index in [1.54, 1.807) is 0 Å². The number of amidine groups is 1. The molecule has 3 N–H and O–H groups in total. The van der Waals surface area contributed by atoms with Crippen molar-refractivity contribution in [3.63, 3.8) is 0 Å². The first-order valence-electron chi connectivity index (χ1n) is 7.14. The van der Waals surface area contributed by atoms with Crippen molar-refractivity contribution in [2.24, 2.45) is 16.3 Å². The highest BCUT2D eigenvalue weighted by atomic mass is 16.4. The second-order valence-electron chi connectivity index (χ2n) is 5.50. The van der Waals surface area contributed by atoms with Crippen molar-refractivity contribution in [2.75, 3.05) is 32.7 Å². The molecule has 0 unspecified atom stereocenters. The van der Waals surface area contributed by atoms with Gasteiger partial charge in [0.2, 0.25) is 5.91 Å². The lowest BCUT2D eigenvalue weighted by Crippen LogP contribution is -2.55. The van der Waals surface area contributed by atoms with E-state index in [9.17, 15) is 4.79 Å². The topological polar surface area (TPSA) is 82.2 Å². The Bertz CT molecular complexity index is 356.